The number of nitrogens with one attached hydrogen (secondary N) is 1. The molecule has 1 atom stereocenters. The van der Waals surface area contributed by atoms with Crippen LogP contribution in [0.2, 0.25) is 5.02 Å². The van der Waals surface area contributed by atoms with Crippen LogP contribution in [-0.2, 0) is 10.0 Å². The predicted octanol–water partition coefficient (Wildman–Crippen LogP) is 2.05. The van der Waals surface area contributed by atoms with Crippen LogP contribution in [0.15, 0.2) is 23.1 Å². The third-order valence-corrected chi connectivity index (χ3v) is 5.35. The van der Waals surface area contributed by atoms with Crippen molar-refractivity contribution in [2.24, 2.45) is 0 Å². The normalized spacial score (nSPS) is 20.9. The Kier molecular flexibility index (Phi) is 5.65. The number of aryl methyl sites for hydroxylation is 1. The molecule has 0 bridgehead atoms. The topological polar surface area (TPSA) is 49.4 Å². The summed E-state index contributed by atoms with van der Waals surface area (Å²) in [7, 11) is -3.41. The summed E-state index contributed by atoms with van der Waals surface area (Å²) in [5.41, 5.74) is 0.689. The van der Waals surface area contributed by atoms with Crippen LogP contribution in [-0.4, -0.2) is 38.4 Å². The largest absolute Gasteiger partial charge is 0.312 e. The van der Waals surface area contributed by atoms with Gasteiger partial charge in [0.05, 0.1) is 4.90 Å². The summed E-state index contributed by atoms with van der Waals surface area (Å²) in [6.07, 6.45) is 0. The van der Waals surface area contributed by atoms with E-state index in [-0.39, 0.29) is 18.4 Å². The summed E-state index contributed by atoms with van der Waals surface area (Å²) in [6, 6.07) is 5.06. The zero-order chi connectivity index (χ0) is 13.3. The maximum Gasteiger partial charge on any atom is 0.243 e. The van der Waals surface area contributed by atoms with Crippen molar-refractivity contribution in [3.63, 3.8) is 0 Å². The van der Waals surface area contributed by atoms with Gasteiger partial charge in [-0.25, -0.2) is 8.42 Å². The van der Waals surface area contributed by atoms with E-state index in [1.807, 2.05) is 6.92 Å². The van der Waals surface area contributed by atoms with E-state index in [1.54, 1.807) is 25.1 Å². The van der Waals surface area contributed by atoms with Gasteiger partial charge in [-0.15, -0.1) is 12.4 Å². The monoisotopic (exact) mass is 324 g/mol. The number of nitrogens with zero attached hydrogens (tertiary/aromatic N) is 1. The first kappa shape index (κ1) is 16.7. The summed E-state index contributed by atoms with van der Waals surface area (Å²) in [6.45, 7) is 5.45. The second kappa shape index (κ2) is 6.41. The zero-order valence-electron chi connectivity index (χ0n) is 10.9. The quantitative estimate of drug-likeness (QED) is 0.905. The van der Waals surface area contributed by atoms with E-state index in [4.69, 9.17) is 11.6 Å². The van der Waals surface area contributed by atoms with E-state index in [0.717, 1.165) is 0 Å². The molecule has 1 N–H and O–H groups in total. The molecule has 1 fully saturated rings. The van der Waals surface area contributed by atoms with Gasteiger partial charge in [0.15, 0.2) is 0 Å². The van der Waals surface area contributed by atoms with Gasteiger partial charge in [0.25, 0.3) is 0 Å². The lowest BCUT2D eigenvalue weighted by atomic mass is 10.2. The molecule has 1 aliphatic rings. The molecule has 19 heavy (non-hydrogen) atoms. The summed E-state index contributed by atoms with van der Waals surface area (Å²) >= 11 is 5.86. The van der Waals surface area contributed by atoms with Gasteiger partial charge >= 0.3 is 0 Å². The molecule has 0 aliphatic carbocycles. The fourth-order valence-corrected chi connectivity index (χ4v) is 4.12. The molecule has 0 radical (unpaired) electrons. The molecule has 1 heterocycles. The highest BCUT2D eigenvalue weighted by atomic mass is 35.5. The van der Waals surface area contributed by atoms with E-state index in [1.165, 1.54) is 4.31 Å². The third-order valence-electron chi connectivity index (χ3n) is 3.09. The van der Waals surface area contributed by atoms with Crippen molar-refractivity contribution in [2.75, 3.05) is 19.6 Å². The Labute approximate surface area is 125 Å². The van der Waals surface area contributed by atoms with Crippen LogP contribution in [0.3, 0.4) is 0 Å². The van der Waals surface area contributed by atoms with Crippen LogP contribution in [0.25, 0.3) is 0 Å². The van der Waals surface area contributed by atoms with Crippen molar-refractivity contribution >= 4 is 34.0 Å². The Morgan fingerprint density at radius 2 is 2.11 bits per heavy atom. The van der Waals surface area contributed by atoms with E-state index < -0.39 is 10.0 Å². The molecule has 1 aromatic carbocycles. The Balaban J connectivity index is 0.00000180. The highest BCUT2D eigenvalue weighted by molar-refractivity contribution is 7.89. The Morgan fingerprint density at radius 3 is 2.68 bits per heavy atom. The Hall–Kier alpha value is -0.330. The predicted molar refractivity (Wildman–Crippen MR) is 79.7 cm³/mol. The molecule has 1 saturated heterocycles. The van der Waals surface area contributed by atoms with Crippen LogP contribution in [0, 0.1) is 6.92 Å². The average molecular weight is 325 g/mol. The number of hydrogen-bond donors (Lipinski definition) is 1. The van der Waals surface area contributed by atoms with Gasteiger partial charge in [-0.1, -0.05) is 11.6 Å². The van der Waals surface area contributed by atoms with Gasteiger partial charge in [0.2, 0.25) is 10.0 Å². The highest BCUT2D eigenvalue weighted by Crippen LogP contribution is 2.23. The zero-order valence-corrected chi connectivity index (χ0v) is 13.3. The second-order valence-corrected chi connectivity index (χ2v) is 6.97. The number of rotatable bonds is 2. The number of sulfonamides is 1. The minimum atomic E-state index is -3.41. The summed E-state index contributed by atoms with van der Waals surface area (Å²) in [4.78, 5) is 0.348. The molecule has 0 saturated carbocycles. The molecule has 0 unspecified atom stereocenters. The molecule has 7 heteroatoms. The van der Waals surface area contributed by atoms with E-state index in [2.05, 4.69) is 5.32 Å². The lowest BCUT2D eigenvalue weighted by Crippen LogP contribution is -2.51. The molecule has 108 valence electrons. The second-order valence-electron chi connectivity index (χ2n) is 4.63. The molecule has 1 aliphatic heterocycles. The summed E-state index contributed by atoms with van der Waals surface area (Å²) < 4.78 is 26.6. The van der Waals surface area contributed by atoms with Crippen LogP contribution < -0.4 is 5.32 Å². The van der Waals surface area contributed by atoms with Crippen molar-refractivity contribution in [3.05, 3.63) is 28.8 Å². The molecule has 2 rings (SSSR count). The molecular weight excluding hydrogens is 307 g/mol. The molecule has 0 amide bonds. The van der Waals surface area contributed by atoms with E-state index in [9.17, 15) is 8.42 Å². The van der Waals surface area contributed by atoms with Gasteiger partial charge in [-0.3, -0.25) is 0 Å². The van der Waals surface area contributed by atoms with Gasteiger partial charge < -0.3 is 5.32 Å². The van der Waals surface area contributed by atoms with E-state index in [0.29, 0.717) is 35.1 Å². The van der Waals surface area contributed by atoms with Gasteiger partial charge in [0.1, 0.15) is 0 Å². The standard InChI is InChI=1S/C12H17ClN2O2S.ClH/c1-9-7-11(13)3-4-12(9)18(16,17)15-6-5-14-10(2)8-15;/h3-4,7,10,14H,5-6,8H2,1-2H3;1H/t10-;/m0./s1. The number of hydrogen-bond acceptors (Lipinski definition) is 3. The summed E-state index contributed by atoms with van der Waals surface area (Å²) in [5, 5.41) is 3.79. The maximum atomic E-state index is 12.5. The van der Waals surface area contributed by atoms with Crippen LogP contribution in [0.1, 0.15) is 12.5 Å². The van der Waals surface area contributed by atoms with Crippen molar-refractivity contribution in [3.8, 4) is 0 Å². The summed E-state index contributed by atoms with van der Waals surface area (Å²) in [5.74, 6) is 0. The van der Waals surface area contributed by atoms with Gasteiger partial charge in [-0.05, 0) is 37.6 Å². The van der Waals surface area contributed by atoms with Crippen molar-refractivity contribution in [1.82, 2.24) is 9.62 Å². The van der Waals surface area contributed by atoms with E-state index >= 15 is 0 Å². The first-order valence-corrected chi connectivity index (χ1v) is 7.73. The fraction of sp³-hybridized carbons (Fsp3) is 0.500. The minimum absolute atomic E-state index is 0. The number of piperazine rings is 1. The lowest BCUT2D eigenvalue weighted by molar-refractivity contribution is 0.310. The molecule has 0 aromatic heterocycles. The Bertz CT molecular complexity index is 549. The van der Waals surface area contributed by atoms with Crippen LogP contribution >= 0.6 is 24.0 Å². The highest BCUT2D eigenvalue weighted by Gasteiger charge is 2.29. The van der Waals surface area contributed by atoms with Crippen LogP contribution in [0.5, 0.6) is 0 Å². The molecule has 1 aromatic rings. The average Bonchev–Trinajstić information content (AvgIpc) is 2.28. The van der Waals surface area contributed by atoms with Gasteiger partial charge in [-0.2, -0.15) is 4.31 Å². The molecule has 0 spiro atoms. The fourth-order valence-electron chi connectivity index (χ4n) is 2.16. The maximum absolute atomic E-state index is 12.5. The van der Waals surface area contributed by atoms with Crippen LogP contribution in [0.4, 0.5) is 0 Å². The lowest BCUT2D eigenvalue weighted by Gasteiger charge is -2.31. The molecule has 4 nitrogen and oxygen atoms in total. The first-order chi connectivity index (χ1) is 8.41. The first-order valence-electron chi connectivity index (χ1n) is 5.91. The number of benzene rings is 1. The van der Waals surface area contributed by atoms with Gasteiger partial charge in [0, 0.05) is 30.7 Å². The third kappa shape index (κ3) is 3.61. The smallest absolute Gasteiger partial charge is 0.243 e. The SMILES string of the molecule is Cc1cc(Cl)ccc1S(=O)(=O)N1CCN[C@@H](C)C1.Cl. The van der Waals surface area contributed by atoms with Crippen molar-refractivity contribution in [2.45, 2.75) is 24.8 Å². The molecular formula is C12H18Cl2N2O2S. The van der Waals surface area contributed by atoms with Crippen molar-refractivity contribution < 1.29 is 8.42 Å². The number of halogens is 2. The minimum Gasteiger partial charge on any atom is -0.312 e. The Morgan fingerprint density at radius 1 is 1.42 bits per heavy atom. The van der Waals surface area contributed by atoms with Crippen molar-refractivity contribution in [1.29, 1.82) is 0 Å².